The maximum absolute atomic E-state index is 10.9. The topological polar surface area (TPSA) is 174 Å². The number of hydrogen-bond donors (Lipinski definition) is 6. The molecule has 6 N–H and O–H groups in total. The lowest BCUT2D eigenvalue weighted by molar-refractivity contribution is 0.0508. The zero-order chi connectivity index (χ0) is 22.9. The number of rotatable bonds is 16. The minimum Gasteiger partial charge on any atom is -0.393 e. The molecule has 29 heavy (non-hydrogen) atoms. The van der Waals surface area contributed by atoms with E-state index in [1.165, 1.54) is 0 Å². The third-order valence-electron chi connectivity index (χ3n) is 4.44. The van der Waals surface area contributed by atoms with Crippen LogP contribution in [0.1, 0.15) is 85.5 Å². The summed E-state index contributed by atoms with van der Waals surface area (Å²) >= 11 is 0. The van der Waals surface area contributed by atoms with Crippen LogP contribution in [0.15, 0.2) is 0 Å². The molecule has 0 aliphatic carbocycles. The number of hydrogen-bond acceptors (Lipinski definition) is 6. The Hall–Kier alpha value is 0.140. The van der Waals surface area contributed by atoms with Crippen molar-refractivity contribution >= 4 is 15.6 Å². The minimum absolute atomic E-state index is 0.393. The molecular weight excluding hydrogens is 426 g/mol. The van der Waals surface area contributed by atoms with Gasteiger partial charge in [-0.05, 0) is 85.5 Å². The van der Waals surface area contributed by atoms with Crippen LogP contribution in [0, 0.1) is 0 Å². The first-order chi connectivity index (χ1) is 12.9. The zero-order valence-electron chi connectivity index (χ0n) is 17.7. The highest BCUT2D eigenvalue weighted by atomic mass is 31.2. The zero-order valence-corrected chi connectivity index (χ0v) is 19.5. The predicted molar refractivity (Wildman–Crippen MR) is 108 cm³/mol. The highest BCUT2D eigenvalue weighted by molar-refractivity contribution is 7.46. The minimum atomic E-state index is -4.55. The lowest BCUT2D eigenvalue weighted by Gasteiger charge is -2.25. The lowest BCUT2D eigenvalue weighted by atomic mass is 9.96. The van der Waals surface area contributed by atoms with Crippen LogP contribution in [0.25, 0.3) is 0 Å². The van der Waals surface area contributed by atoms with Gasteiger partial charge in [0, 0.05) is 0 Å². The fourth-order valence-electron chi connectivity index (χ4n) is 3.14. The van der Waals surface area contributed by atoms with E-state index in [1.807, 2.05) is 0 Å². The summed E-state index contributed by atoms with van der Waals surface area (Å²) in [6.07, 6.45) is 3.31. The molecule has 0 heterocycles. The van der Waals surface area contributed by atoms with E-state index in [9.17, 15) is 19.3 Å². The molecule has 0 aromatic carbocycles. The highest BCUT2D eigenvalue weighted by Crippen LogP contribution is 2.43. The van der Waals surface area contributed by atoms with Gasteiger partial charge in [0.05, 0.1) is 23.4 Å². The monoisotopic (exact) mass is 464 g/mol. The quantitative estimate of drug-likeness (QED) is 0.186. The van der Waals surface area contributed by atoms with Crippen LogP contribution in [0.4, 0.5) is 0 Å². The van der Waals surface area contributed by atoms with Crippen LogP contribution in [0.2, 0.25) is 0 Å². The summed E-state index contributed by atoms with van der Waals surface area (Å²) in [5.74, 6) is 0. The van der Waals surface area contributed by atoms with E-state index in [0.717, 1.165) is 0 Å². The van der Waals surface area contributed by atoms with Crippen LogP contribution in [0.3, 0.4) is 0 Å². The van der Waals surface area contributed by atoms with Crippen molar-refractivity contribution in [2.24, 2.45) is 0 Å². The molecule has 0 saturated carbocycles. The van der Waals surface area contributed by atoms with Gasteiger partial charge in [-0.2, -0.15) is 0 Å². The van der Waals surface area contributed by atoms with Crippen molar-refractivity contribution in [2.75, 3.05) is 0 Å². The van der Waals surface area contributed by atoms with E-state index < -0.39 is 39.1 Å². The van der Waals surface area contributed by atoms with Gasteiger partial charge >= 0.3 is 15.6 Å². The SMILES string of the molecule is CC(C)(CCCC(O)CCCC(O)CCCC(C)(C)OP(=O)(O)O)OP(=O)(O)O. The van der Waals surface area contributed by atoms with E-state index >= 15 is 0 Å². The summed E-state index contributed by atoms with van der Waals surface area (Å²) in [4.78, 5) is 35.4. The van der Waals surface area contributed by atoms with Gasteiger partial charge in [0.25, 0.3) is 0 Å². The van der Waals surface area contributed by atoms with Gasteiger partial charge in [0.15, 0.2) is 0 Å². The van der Waals surface area contributed by atoms with Gasteiger partial charge in [-0.15, -0.1) is 0 Å². The Morgan fingerprint density at radius 3 is 1.21 bits per heavy atom. The molecule has 0 fully saturated rings. The Labute approximate surface area is 173 Å². The maximum Gasteiger partial charge on any atom is 0.470 e. The molecule has 0 rings (SSSR count). The second kappa shape index (κ2) is 12.2. The van der Waals surface area contributed by atoms with Crippen LogP contribution in [0.5, 0.6) is 0 Å². The average Bonchev–Trinajstić information content (AvgIpc) is 2.41. The molecule has 176 valence electrons. The Balaban J connectivity index is 3.95. The molecule has 0 aromatic rings. The van der Waals surface area contributed by atoms with E-state index in [-0.39, 0.29) is 0 Å². The first-order valence-electron chi connectivity index (χ1n) is 9.80. The number of aliphatic hydroxyl groups excluding tert-OH is 2. The Morgan fingerprint density at radius 2 is 0.931 bits per heavy atom. The maximum atomic E-state index is 10.9. The van der Waals surface area contributed by atoms with Crippen molar-refractivity contribution in [3.63, 3.8) is 0 Å². The lowest BCUT2D eigenvalue weighted by Crippen LogP contribution is -2.23. The summed E-state index contributed by atoms with van der Waals surface area (Å²) in [6.45, 7) is 6.34. The third kappa shape index (κ3) is 18.6. The predicted octanol–water partition coefficient (Wildman–Crippen LogP) is 2.99. The van der Waals surface area contributed by atoms with Gasteiger partial charge in [0.1, 0.15) is 0 Å². The number of phosphoric ester groups is 2. The molecule has 0 radical (unpaired) electrons. The summed E-state index contributed by atoms with van der Waals surface area (Å²) in [6, 6.07) is 0. The molecule has 2 atom stereocenters. The molecular formula is C17H38O10P2. The van der Waals surface area contributed by atoms with Crippen LogP contribution < -0.4 is 0 Å². The fraction of sp³-hybridized carbons (Fsp3) is 1.00. The molecule has 0 spiro atoms. The van der Waals surface area contributed by atoms with Crippen molar-refractivity contribution in [1.82, 2.24) is 0 Å². The van der Waals surface area contributed by atoms with E-state index in [1.54, 1.807) is 27.7 Å². The molecule has 0 aliphatic rings. The van der Waals surface area contributed by atoms with Gasteiger partial charge in [-0.1, -0.05) is 0 Å². The van der Waals surface area contributed by atoms with Crippen molar-refractivity contribution in [3.05, 3.63) is 0 Å². The molecule has 0 aromatic heterocycles. The Kier molecular flexibility index (Phi) is 12.3. The molecule has 0 saturated heterocycles. The first kappa shape index (κ1) is 29.1. The van der Waals surface area contributed by atoms with E-state index in [2.05, 4.69) is 0 Å². The van der Waals surface area contributed by atoms with E-state index in [4.69, 9.17) is 28.6 Å². The molecule has 0 bridgehead atoms. The third-order valence-corrected chi connectivity index (χ3v) is 5.90. The molecule has 10 nitrogen and oxygen atoms in total. The Bertz CT molecular complexity index is 506. The second-order valence-corrected chi connectivity index (χ2v) is 11.0. The standard InChI is InChI=1S/C17H38O10P2/c1-16(2,26-28(20,21)22)12-6-10-14(18)8-5-9-15(19)11-7-13-17(3,4)27-29(23,24)25/h14-15,18-19H,5-13H2,1-4H3,(H2,20,21,22)(H2,23,24,25). The van der Waals surface area contributed by atoms with Gasteiger partial charge in [-0.3, -0.25) is 9.05 Å². The smallest absolute Gasteiger partial charge is 0.393 e. The number of phosphoric acid groups is 2. The normalized spacial score (nSPS) is 16.1. The largest absolute Gasteiger partial charge is 0.470 e. The summed E-state index contributed by atoms with van der Waals surface area (Å²) in [7, 11) is -9.09. The first-order valence-corrected chi connectivity index (χ1v) is 12.9. The van der Waals surface area contributed by atoms with Crippen LogP contribution >= 0.6 is 15.6 Å². The Morgan fingerprint density at radius 1 is 0.655 bits per heavy atom. The molecule has 0 aliphatic heterocycles. The van der Waals surface area contributed by atoms with Crippen molar-refractivity contribution in [3.8, 4) is 0 Å². The van der Waals surface area contributed by atoms with Crippen molar-refractivity contribution in [2.45, 2.75) is 109 Å². The molecule has 2 unspecified atom stereocenters. The summed E-state index contributed by atoms with van der Waals surface area (Å²) < 4.78 is 31.2. The van der Waals surface area contributed by atoms with Gasteiger partial charge in [0.2, 0.25) is 0 Å². The second-order valence-electron chi connectivity index (χ2n) is 8.71. The van der Waals surface area contributed by atoms with Crippen LogP contribution in [-0.4, -0.2) is 53.2 Å². The van der Waals surface area contributed by atoms with Gasteiger partial charge in [-0.25, -0.2) is 9.13 Å². The van der Waals surface area contributed by atoms with Crippen molar-refractivity contribution < 1.29 is 48.0 Å². The van der Waals surface area contributed by atoms with Gasteiger partial charge < -0.3 is 29.8 Å². The fourth-order valence-corrected chi connectivity index (χ4v) is 4.61. The highest BCUT2D eigenvalue weighted by Gasteiger charge is 2.29. The number of aliphatic hydroxyl groups is 2. The van der Waals surface area contributed by atoms with Crippen molar-refractivity contribution in [1.29, 1.82) is 0 Å². The van der Waals surface area contributed by atoms with E-state index in [0.29, 0.717) is 57.8 Å². The summed E-state index contributed by atoms with van der Waals surface area (Å²) in [5.41, 5.74) is -1.96. The average molecular weight is 464 g/mol. The molecule has 12 heteroatoms. The van der Waals surface area contributed by atoms with Crippen LogP contribution in [-0.2, 0) is 18.2 Å². The summed E-state index contributed by atoms with van der Waals surface area (Å²) in [5, 5.41) is 20.0. The molecule has 0 amide bonds.